The van der Waals surface area contributed by atoms with Gasteiger partial charge >= 0.3 is 0 Å². The lowest BCUT2D eigenvalue weighted by molar-refractivity contribution is -0.118. The van der Waals surface area contributed by atoms with Gasteiger partial charge in [0, 0.05) is 5.02 Å². The molecular weight excluding hydrogens is 500 g/mol. The molecule has 37 heavy (non-hydrogen) atoms. The number of carbonyl (C=O) groups excluding carboxylic acids is 1. The van der Waals surface area contributed by atoms with Gasteiger partial charge in [-0.1, -0.05) is 102 Å². The number of rotatable bonds is 8. The van der Waals surface area contributed by atoms with Gasteiger partial charge in [0.2, 0.25) is 0 Å². The van der Waals surface area contributed by atoms with E-state index in [0.717, 1.165) is 44.2 Å². The van der Waals surface area contributed by atoms with E-state index in [2.05, 4.69) is 39.4 Å². The number of thioether (sulfide) groups is 1. The fourth-order valence-electron chi connectivity index (χ4n) is 4.00. The van der Waals surface area contributed by atoms with Gasteiger partial charge in [-0.2, -0.15) is 5.10 Å². The highest BCUT2D eigenvalue weighted by Crippen LogP contribution is 2.26. The van der Waals surface area contributed by atoms with Gasteiger partial charge in [0.1, 0.15) is 0 Å². The zero-order valence-electron chi connectivity index (χ0n) is 20.3. The highest BCUT2D eigenvalue weighted by Gasteiger charge is 2.13. The lowest BCUT2D eigenvalue weighted by Gasteiger charge is -2.09. The summed E-state index contributed by atoms with van der Waals surface area (Å²) in [6.07, 6.45) is 0. The van der Waals surface area contributed by atoms with Crippen molar-refractivity contribution in [3.63, 3.8) is 0 Å². The average Bonchev–Trinajstić information content (AvgIpc) is 3.29. The Morgan fingerprint density at radius 3 is 2.32 bits per heavy atom. The highest BCUT2D eigenvalue weighted by molar-refractivity contribution is 7.99. The van der Waals surface area contributed by atoms with Crippen LogP contribution < -0.4 is 5.43 Å². The Balaban J connectivity index is 1.24. The van der Waals surface area contributed by atoms with Crippen molar-refractivity contribution in [1.29, 1.82) is 0 Å². The summed E-state index contributed by atoms with van der Waals surface area (Å²) >= 11 is 7.44. The maximum absolute atomic E-state index is 12.6. The molecule has 0 aliphatic carbocycles. The molecule has 0 saturated carbocycles. The molecule has 0 bridgehead atoms. The second-order valence-corrected chi connectivity index (χ2v) is 9.94. The first-order chi connectivity index (χ1) is 18.1. The predicted molar refractivity (Wildman–Crippen MR) is 153 cm³/mol. The fraction of sp³-hybridized carbons (Fsp3) is 0.100. The van der Waals surface area contributed by atoms with Crippen molar-refractivity contribution in [2.45, 2.75) is 18.6 Å². The van der Waals surface area contributed by atoms with Gasteiger partial charge < -0.3 is 4.57 Å². The van der Waals surface area contributed by atoms with Gasteiger partial charge in [-0.15, -0.1) is 0 Å². The normalized spacial score (nSPS) is 11.6. The average molecular weight is 525 g/mol. The minimum absolute atomic E-state index is 0.185. The number of nitrogens with zero attached hydrogens (tertiary/aromatic N) is 3. The standard InChI is InChI=1S/C30H25ClN4OS/c1-21(23-13-15-25(16-14-23)24-7-3-2-4-8-24)33-34-29(36)20-37-30-32-27-9-5-6-10-28(27)35(30)19-22-11-17-26(31)18-12-22/h2-18H,19-20H2,1H3,(H,34,36). The molecular formula is C30H25ClN4OS. The van der Waals surface area contributed by atoms with Crippen LogP contribution in [0.1, 0.15) is 18.1 Å². The van der Waals surface area contributed by atoms with Crippen LogP contribution in [0.25, 0.3) is 22.2 Å². The Morgan fingerprint density at radius 2 is 1.57 bits per heavy atom. The Kier molecular flexibility index (Phi) is 7.68. The number of benzene rings is 4. The summed E-state index contributed by atoms with van der Waals surface area (Å²) in [6.45, 7) is 2.52. The number of imidazole rings is 1. The van der Waals surface area contributed by atoms with E-state index in [9.17, 15) is 4.79 Å². The first-order valence-electron chi connectivity index (χ1n) is 11.9. The molecule has 7 heteroatoms. The van der Waals surface area contributed by atoms with Crippen LogP contribution >= 0.6 is 23.4 Å². The minimum Gasteiger partial charge on any atom is -0.314 e. The first kappa shape index (κ1) is 24.8. The van der Waals surface area contributed by atoms with Crippen molar-refractivity contribution in [3.8, 4) is 11.1 Å². The second-order valence-electron chi connectivity index (χ2n) is 8.56. The zero-order chi connectivity index (χ0) is 25.6. The van der Waals surface area contributed by atoms with Crippen LogP contribution in [0.2, 0.25) is 5.02 Å². The number of nitrogens with one attached hydrogen (secondary N) is 1. The van der Waals surface area contributed by atoms with E-state index in [4.69, 9.17) is 16.6 Å². The van der Waals surface area contributed by atoms with E-state index in [0.29, 0.717) is 11.6 Å². The van der Waals surface area contributed by atoms with Gasteiger partial charge in [0.25, 0.3) is 5.91 Å². The van der Waals surface area contributed by atoms with Crippen molar-refractivity contribution < 1.29 is 4.79 Å². The van der Waals surface area contributed by atoms with Crippen LogP contribution in [0.15, 0.2) is 113 Å². The number of hydrazone groups is 1. The predicted octanol–water partition coefficient (Wildman–Crippen LogP) is 7.04. The summed E-state index contributed by atoms with van der Waals surface area (Å²) < 4.78 is 2.12. The molecule has 0 radical (unpaired) electrons. The highest BCUT2D eigenvalue weighted by atomic mass is 35.5. The van der Waals surface area contributed by atoms with Crippen LogP contribution in [-0.2, 0) is 11.3 Å². The quantitative estimate of drug-likeness (QED) is 0.134. The summed E-state index contributed by atoms with van der Waals surface area (Å²) in [6, 6.07) is 34.1. The van der Waals surface area contributed by atoms with Crippen LogP contribution in [0.5, 0.6) is 0 Å². The molecule has 1 aromatic heterocycles. The molecule has 0 unspecified atom stereocenters. The molecule has 1 heterocycles. The van der Waals surface area contributed by atoms with Crippen molar-refractivity contribution in [2.75, 3.05) is 5.75 Å². The Hall–Kier alpha value is -3.87. The molecule has 0 spiro atoms. The summed E-state index contributed by atoms with van der Waals surface area (Å²) in [5.74, 6) is 0.0172. The lowest BCUT2D eigenvalue weighted by Crippen LogP contribution is -2.21. The maximum atomic E-state index is 12.6. The van der Waals surface area contributed by atoms with Gasteiger partial charge in [-0.25, -0.2) is 10.4 Å². The number of aromatic nitrogens is 2. The Morgan fingerprint density at radius 1 is 0.892 bits per heavy atom. The van der Waals surface area contributed by atoms with E-state index in [-0.39, 0.29) is 11.7 Å². The fourth-order valence-corrected chi connectivity index (χ4v) is 4.93. The lowest BCUT2D eigenvalue weighted by atomic mass is 10.0. The number of carbonyl (C=O) groups is 1. The Bertz CT molecular complexity index is 1540. The molecule has 0 aliphatic rings. The number of fused-ring (bicyclic) bond motifs is 1. The third-order valence-electron chi connectivity index (χ3n) is 5.96. The van der Waals surface area contributed by atoms with Gasteiger partial charge in [-0.05, 0) is 53.4 Å². The van der Waals surface area contributed by atoms with Gasteiger partial charge in [0.15, 0.2) is 5.16 Å². The van der Waals surface area contributed by atoms with Crippen LogP contribution in [0.3, 0.4) is 0 Å². The smallest absolute Gasteiger partial charge is 0.250 e. The molecule has 0 saturated heterocycles. The monoisotopic (exact) mass is 524 g/mol. The molecule has 1 amide bonds. The third-order valence-corrected chi connectivity index (χ3v) is 7.19. The molecule has 5 nitrogen and oxygen atoms in total. The Labute approximate surface area is 225 Å². The number of hydrogen-bond donors (Lipinski definition) is 1. The van der Waals surface area contributed by atoms with E-state index < -0.39 is 0 Å². The van der Waals surface area contributed by atoms with Crippen molar-refractivity contribution in [1.82, 2.24) is 15.0 Å². The van der Waals surface area contributed by atoms with Crippen LogP contribution in [0.4, 0.5) is 0 Å². The van der Waals surface area contributed by atoms with Crippen molar-refractivity contribution in [2.24, 2.45) is 5.10 Å². The minimum atomic E-state index is -0.185. The molecule has 5 rings (SSSR count). The van der Waals surface area contributed by atoms with Gasteiger partial charge in [0.05, 0.1) is 29.0 Å². The van der Waals surface area contributed by atoms with Crippen LogP contribution in [-0.4, -0.2) is 26.9 Å². The number of halogens is 1. The van der Waals surface area contributed by atoms with E-state index in [1.165, 1.54) is 11.8 Å². The molecule has 5 aromatic rings. The SMILES string of the molecule is CC(=NNC(=O)CSc1nc2ccccc2n1Cc1ccc(Cl)cc1)c1ccc(-c2ccccc2)cc1. The third kappa shape index (κ3) is 6.10. The summed E-state index contributed by atoms with van der Waals surface area (Å²) in [4.78, 5) is 17.4. The zero-order valence-corrected chi connectivity index (χ0v) is 21.8. The summed E-state index contributed by atoms with van der Waals surface area (Å²) in [7, 11) is 0. The van der Waals surface area contributed by atoms with Gasteiger partial charge in [-0.3, -0.25) is 4.79 Å². The molecule has 0 fully saturated rings. The summed E-state index contributed by atoms with van der Waals surface area (Å²) in [5, 5.41) is 5.80. The van der Waals surface area contributed by atoms with E-state index >= 15 is 0 Å². The molecule has 0 aliphatic heterocycles. The van der Waals surface area contributed by atoms with E-state index in [1.54, 1.807) is 0 Å². The maximum Gasteiger partial charge on any atom is 0.250 e. The van der Waals surface area contributed by atoms with Crippen molar-refractivity contribution >= 4 is 46.0 Å². The van der Waals surface area contributed by atoms with E-state index in [1.807, 2.05) is 85.8 Å². The molecule has 4 aromatic carbocycles. The number of hydrogen-bond acceptors (Lipinski definition) is 4. The molecule has 184 valence electrons. The number of para-hydroxylation sites is 2. The first-order valence-corrected chi connectivity index (χ1v) is 13.2. The second kappa shape index (κ2) is 11.5. The molecule has 1 N–H and O–H groups in total. The largest absolute Gasteiger partial charge is 0.314 e. The van der Waals surface area contributed by atoms with Crippen molar-refractivity contribution in [3.05, 3.63) is 119 Å². The topological polar surface area (TPSA) is 59.3 Å². The molecule has 0 atom stereocenters. The number of amides is 1. The summed E-state index contributed by atoms with van der Waals surface area (Å²) in [5.41, 5.74) is 9.71. The van der Waals surface area contributed by atoms with Crippen LogP contribution in [0, 0.1) is 0 Å².